The van der Waals surface area contributed by atoms with Crippen molar-refractivity contribution in [3.8, 4) is 0 Å². The average molecular weight is 172 g/mol. The second kappa shape index (κ2) is 2.98. The quantitative estimate of drug-likeness (QED) is 0.657. The summed E-state index contributed by atoms with van der Waals surface area (Å²) < 4.78 is 0. The van der Waals surface area contributed by atoms with Gasteiger partial charge in [0.1, 0.15) is 0 Å². The van der Waals surface area contributed by atoms with E-state index in [4.69, 9.17) is 10.8 Å². The molecule has 0 saturated carbocycles. The third kappa shape index (κ3) is 1.75. The number of aliphatic hydroxyl groups is 1. The van der Waals surface area contributed by atoms with Gasteiger partial charge in [0.2, 0.25) is 0 Å². The molecule has 0 aliphatic heterocycles. The molecule has 11 heavy (non-hydrogen) atoms. The molecule has 1 aromatic heterocycles. The molecule has 0 fully saturated rings. The lowest BCUT2D eigenvalue weighted by Gasteiger charge is -1.99. The summed E-state index contributed by atoms with van der Waals surface area (Å²) in [6.45, 7) is 1.79. The van der Waals surface area contributed by atoms with E-state index in [9.17, 15) is 4.79 Å². The summed E-state index contributed by atoms with van der Waals surface area (Å²) in [4.78, 5) is 14.3. The summed E-state index contributed by atoms with van der Waals surface area (Å²) in [5.74, 6) is -0.768. The van der Waals surface area contributed by atoms with E-state index in [1.807, 2.05) is 0 Å². The van der Waals surface area contributed by atoms with Gasteiger partial charge in [-0.1, -0.05) is 0 Å². The highest BCUT2D eigenvalue weighted by molar-refractivity contribution is 7.09. The van der Waals surface area contributed by atoms with Gasteiger partial charge in [-0.2, -0.15) is 0 Å². The van der Waals surface area contributed by atoms with Crippen LogP contribution in [0.1, 0.15) is 16.8 Å². The van der Waals surface area contributed by atoms with Crippen LogP contribution in [0.2, 0.25) is 0 Å². The maximum absolute atomic E-state index is 10.4. The third-order valence-corrected chi connectivity index (χ3v) is 1.98. The number of hydrogen-bond acceptors (Lipinski definition) is 4. The molecule has 1 rings (SSSR count). The predicted molar refractivity (Wildman–Crippen MR) is 41.0 cm³/mol. The number of aryl methyl sites for hydroxylation is 1. The highest BCUT2D eigenvalue weighted by atomic mass is 32.1. The molecule has 1 heterocycles. The summed E-state index contributed by atoms with van der Waals surface area (Å²) in [6.07, 6.45) is -1.26. The molecule has 0 aliphatic carbocycles. The molecule has 1 amide bonds. The fraction of sp³-hybridized carbons (Fsp3) is 0.333. The van der Waals surface area contributed by atoms with Crippen molar-refractivity contribution in [1.82, 2.24) is 4.98 Å². The molecule has 3 N–H and O–H groups in total. The van der Waals surface area contributed by atoms with Gasteiger partial charge in [0.15, 0.2) is 6.10 Å². The SMILES string of the molecule is Cc1nc(C(O)C(N)=O)cs1. The van der Waals surface area contributed by atoms with Crippen LogP contribution in [0, 0.1) is 6.92 Å². The maximum atomic E-state index is 10.4. The van der Waals surface area contributed by atoms with Gasteiger partial charge in [-0.05, 0) is 6.92 Å². The van der Waals surface area contributed by atoms with Crippen molar-refractivity contribution in [3.05, 3.63) is 16.1 Å². The summed E-state index contributed by atoms with van der Waals surface area (Å²) in [6, 6.07) is 0. The number of carbonyl (C=O) groups excluding carboxylic acids is 1. The first-order valence-electron chi connectivity index (χ1n) is 3.00. The lowest BCUT2D eigenvalue weighted by Crippen LogP contribution is -2.21. The Labute approximate surface area is 67.7 Å². The van der Waals surface area contributed by atoms with Crippen LogP contribution in [0.15, 0.2) is 5.38 Å². The summed E-state index contributed by atoms with van der Waals surface area (Å²) in [5.41, 5.74) is 5.19. The van der Waals surface area contributed by atoms with Crippen molar-refractivity contribution in [2.45, 2.75) is 13.0 Å². The largest absolute Gasteiger partial charge is 0.377 e. The van der Waals surface area contributed by atoms with Crippen molar-refractivity contribution in [2.24, 2.45) is 5.73 Å². The van der Waals surface area contributed by atoms with Gasteiger partial charge in [0.05, 0.1) is 10.7 Å². The molecule has 0 radical (unpaired) electrons. The van der Waals surface area contributed by atoms with E-state index in [0.717, 1.165) is 5.01 Å². The van der Waals surface area contributed by atoms with Gasteiger partial charge < -0.3 is 10.8 Å². The number of primary amides is 1. The Balaban J connectivity index is 2.84. The van der Waals surface area contributed by atoms with Crippen molar-refractivity contribution in [1.29, 1.82) is 0 Å². The van der Waals surface area contributed by atoms with Crippen molar-refractivity contribution >= 4 is 17.2 Å². The third-order valence-electron chi connectivity index (χ3n) is 1.19. The normalized spacial score (nSPS) is 12.9. The van der Waals surface area contributed by atoms with Gasteiger partial charge in [-0.25, -0.2) is 4.98 Å². The second-order valence-corrected chi connectivity index (χ2v) is 3.16. The molecule has 5 heteroatoms. The van der Waals surface area contributed by atoms with Crippen LogP contribution in [-0.2, 0) is 4.79 Å². The predicted octanol–water partition coefficient (Wildman–Crippen LogP) is -0.0298. The topological polar surface area (TPSA) is 76.2 Å². The van der Waals surface area contributed by atoms with E-state index < -0.39 is 12.0 Å². The highest BCUT2D eigenvalue weighted by Gasteiger charge is 2.15. The molecule has 0 spiro atoms. The van der Waals surface area contributed by atoms with Gasteiger partial charge >= 0.3 is 0 Å². The summed E-state index contributed by atoms with van der Waals surface area (Å²) in [5, 5.41) is 11.5. The smallest absolute Gasteiger partial charge is 0.252 e. The number of nitrogens with zero attached hydrogens (tertiary/aromatic N) is 1. The maximum Gasteiger partial charge on any atom is 0.252 e. The standard InChI is InChI=1S/C6H8N2O2S/c1-3-8-4(2-11-3)5(9)6(7)10/h2,5,9H,1H3,(H2,7,10). The first kappa shape index (κ1) is 8.16. The number of carbonyl (C=O) groups is 1. The number of amides is 1. The Morgan fingerprint density at radius 1 is 1.91 bits per heavy atom. The highest BCUT2D eigenvalue weighted by Crippen LogP contribution is 2.15. The zero-order chi connectivity index (χ0) is 8.43. The first-order valence-corrected chi connectivity index (χ1v) is 3.88. The minimum absolute atomic E-state index is 0.333. The molecule has 4 nitrogen and oxygen atoms in total. The van der Waals surface area contributed by atoms with Crippen molar-refractivity contribution in [2.75, 3.05) is 0 Å². The van der Waals surface area contributed by atoms with Gasteiger partial charge in [-0.15, -0.1) is 11.3 Å². The lowest BCUT2D eigenvalue weighted by atomic mass is 10.3. The summed E-state index contributed by atoms with van der Waals surface area (Å²) in [7, 11) is 0. The second-order valence-electron chi connectivity index (χ2n) is 2.10. The minimum Gasteiger partial charge on any atom is -0.377 e. The zero-order valence-electron chi connectivity index (χ0n) is 5.94. The fourth-order valence-corrected chi connectivity index (χ4v) is 1.28. The monoisotopic (exact) mass is 172 g/mol. The number of nitrogens with two attached hydrogens (primary N) is 1. The van der Waals surface area contributed by atoms with E-state index >= 15 is 0 Å². The average Bonchev–Trinajstić information content (AvgIpc) is 2.34. The van der Waals surface area contributed by atoms with Crippen LogP contribution < -0.4 is 5.73 Å². The fourth-order valence-electron chi connectivity index (χ4n) is 0.652. The number of thiazole rings is 1. The zero-order valence-corrected chi connectivity index (χ0v) is 6.76. The number of hydrogen-bond donors (Lipinski definition) is 2. The van der Waals surface area contributed by atoms with Gasteiger partial charge in [0, 0.05) is 5.38 Å². The van der Waals surface area contributed by atoms with E-state index in [-0.39, 0.29) is 0 Å². The number of rotatable bonds is 2. The van der Waals surface area contributed by atoms with E-state index in [1.54, 1.807) is 12.3 Å². The molecule has 1 aromatic rings. The molecular weight excluding hydrogens is 164 g/mol. The Bertz CT molecular complexity index is 271. The van der Waals surface area contributed by atoms with Crippen molar-refractivity contribution < 1.29 is 9.90 Å². The Kier molecular flexibility index (Phi) is 2.21. The first-order chi connectivity index (χ1) is 5.11. The van der Waals surface area contributed by atoms with Crippen LogP contribution in [0.3, 0.4) is 0 Å². The molecule has 1 atom stereocenters. The van der Waals surface area contributed by atoms with Gasteiger partial charge in [0.25, 0.3) is 5.91 Å². The van der Waals surface area contributed by atoms with Crippen LogP contribution in [0.5, 0.6) is 0 Å². The van der Waals surface area contributed by atoms with E-state index in [0.29, 0.717) is 5.69 Å². The van der Waals surface area contributed by atoms with Crippen LogP contribution in [0.4, 0.5) is 0 Å². The van der Waals surface area contributed by atoms with Crippen LogP contribution >= 0.6 is 11.3 Å². The van der Waals surface area contributed by atoms with E-state index in [2.05, 4.69) is 4.98 Å². The van der Waals surface area contributed by atoms with Crippen molar-refractivity contribution in [3.63, 3.8) is 0 Å². The Hall–Kier alpha value is -0.940. The number of aromatic nitrogens is 1. The molecule has 60 valence electrons. The van der Waals surface area contributed by atoms with Gasteiger partial charge in [-0.3, -0.25) is 4.79 Å². The molecule has 0 saturated heterocycles. The Morgan fingerprint density at radius 3 is 2.91 bits per heavy atom. The van der Waals surface area contributed by atoms with E-state index in [1.165, 1.54) is 11.3 Å². The molecule has 0 bridgehead atoms. The molecular formula is C6H8N2O2S. The van der Waals surface area contributed by atoms with Crippen LogP contribution in [0.25, 0.3) is 0 Å². The lowest BCUT2D eigenvalue weighted by molar-refractivity contribution is -0.126. The van der Waals surface area contributed by atoms with Crippen LogP contribution in [-0.4, -0.2) is 16.0 Å². The molecule has 0 aliphatic rings. The minimum atomic E-state index is -1.26. The number of aliphatic hydroxyl groups excluding tert-OH is 1. The summed E-state index contributed by atoms with van der Waals surface area (Å²) >= 11 is 1.37. The molecule has 1 unspecified atom stereocenters. The Morgan fingerprint density at radius 2 is 2.55 bits per heavy atom. The molecule has 0 aromatic carbocycles.